The summed E-state index contributed by atoms with van der Waals surface area (Å²) in [7, 11) is -3.91. The number of benzene rings is 1. The third-order valence-corrected chi connectivity index (χ3v) is 5.60. The van der Waals surface area contributed by atoms with Crippen LogP contribution in [0.15, 0.2) is 29.2 Å². The number of aromatic carboxylic acids is 1. The molecule has 0 unspecified atom stereocenters. The number of sulfonamides is 1. The molecule has 0 aliphatic heterocycles. The molecule has 112 valence electrons. The van der Waals surface area contributed by atoms with E-state index in [1.807, 2.05) is 0 Å². The zero-order valence-corrected chi connectivity index (χ0v) is 13.7. The molecule has 0 bridgehead atoms. The van der Waals surface area contributed by atoms with Gasteiger partial charge in [-0.15, -0.1) is 11.3 Å². The van der Waals surface area contributed by atoms with Crippen LogP contribution in [0.25, 0.3) is 0 Å². The summed E-state index contributed by atoms with van der Waals surface area (Å²) in [6, 6.07) is 5.41. The summed E-state index contributed by atoms with van der Waals surface area (Å²) in [4.78, 5) is 11.2. The average Bonchev–Trinajstić information content (AvgIpc) is 2.70. The first-order valence-corrected chi connectivity index (χ1v) is 8.57. The molecule has 0 fully saturated rings. The largest absolute Gasteiger partial charge is 0.477 e. The van der Waals surface area contributed by atoms with E-state index >= 15 is 0 Å². The van der Waals surface area contributed by atoms with Crippen molar-refractivity contribution in [2.24, 2.45) is 0 Å². The highest BCUT2D eigenvalue weighted by atomic mass is 35.5. The highest BCUT2D eigenvalue weighted by molar-refractivity contribution is 7.93. The van der Waals surface area contributed by atoms with Crippen LogP contribution < -0.4 is 4.72 Å². The first-order chi connectivity index (χ1) is 9.69. The van der Waals surface area contributed by atoms with E-state index in [4.69, 9.17) is 28.3 Å². The van der Waals surface area contributed by atoms with Crippen molar-refractivity contribution in [1.29, 1.82) is 0 Å². The summed E-state index contributed by atoms with van der Waals surface area (Å²) in [6.07, 6.45) is 0. The molecule has 2 N–H and O–H groups in total. The Morgan fingerprint density at radius 1 is 1.19 bits per heavy atom. The van der Waals surface area contributed by atoms with Crippen LogP contribution in [0.5, 0.6) is 0 Å². The number of thiophene rings is 1. The highest BCUT2D eigenvalue weighted by Crippen LogP contribution is 2.29. The molecule has 0 radical (unpaired) electrons. The van der Waals surface area contributed by atoms with Gasteiger partial charge < -0.3 is 5.11 Å². The predicted molar refractivity (Wildman–Crippen MR) is 83.3 cm³/mol. The molecule has 2 aromatic rings. The summed E-state index contributed by atoms with van der Waals surface area (Å²) in [5.41, 5.74) is 0.204. The molecule has 0 spiro atoms. The van der Waals surface area contributed by atoms with E-state index in [1.54, 1.807) is 0 Å². The van der Waals surface area contributed by atoms with E-state index in [0.29, 0.717) is 4.88 Å². The van der Waals surface area contributed by atoms with Gasteiger partial charge in [0.25, 0.3) is 10.0 Å². The van der Waals surface area contributed by atoms with Gasteiger partial charge in [0.15, 0.2) is 0 Å². The van der Waals surface area contributed by atoms with E-state index < -0.39 is 16.0 Å². The van der Waals surface area contributed by atoms with Gasteiger partial charge >= 0.3 is 5.97 Å². The second kappa shape index (κ2) is 5.84. The van der Waals surface area contributed by atoms with Gasteiger partial charge in [0.1, 0.15) is 9.77 Å². The summed E-state index contributed by atoms with van der Waals surface area (Å²) < 4.78 is 26.9. The average molecular weight is 366 g/mol. The number of halogens is 2. The SMILES string of the molecule is Cc1sc(C(=O)O)cc1S(=O)(=O)Nc1cc(Cl)cc(Cl)c1. The summed E-state index contributed by atoms with van der Waals surface area (Å²) in [5, 5.41) is 9.48. The van der Waals surface area contributed by atoms with Crippen LogP contribution in [0.2, 0.25) is 10.0 Å². The van der Waals surface area contributed by atoms with Crippen LogP contribution in [-0.4, -0.2) is 19.5 Å². The molecular weight excluding hydrogens is 357 g/mol. The van der Waals surface area contributed by atoms with Crippen molar-refractivity contribution in [2.45, 2.75) is 11.8 Å². The maximum Gasteiger partial charge on any atom is 0.345 e. The van der Waals surface area contributed by atoms with Gasteiger partial charge in [-0.25, -0.2) is 13.2 Å². The maximum atomic E-state index is 12.3. The van der Waals surface area contributed by atoms with E-state index in [-0.39, 0.29) is 25.5 Å². The molecule has 0 aliphatic carbocycles. The van der Waals surface area contributed by atoms with Crippen LogP contribution >= 0.6 is 34.5 Å². The van der Waals surface area contributed by atoms with Gasteiger partial charge in [-0.2, -0.15) is 0 Å². The third kappa shape index (κ3) is 3.68. The molecule has 2 rings (SSSR count). The Hall–Kier alpha value is -1.28. The van der Waals surface area contributed by atoms with Gasteiger partial charge in [0, 0.05) is 14.9 Å². The molecule has 0 saturated heterocycles. The molecule has 1 heterocycles. The fourth-order valence-electron chi connectivity index (χ4n) is 1.66. The van der Waals surface area contributed by atoms with E-state index in [1.165, 1.54) is 25.1 Å². The van der Waals surface area contributed by atoms with Gasteiger partial charge in [-0.1, -0.05) is 23.2 Å². The standard InChI is InChI=1S/C12H9Cl2NO4S2/c1-6-11(5-10(20-6)12(16)17)21(18,19)15-9-3-7(13)2-8(14)4-9/h2-5,15H,1H3,(H,16,17). The Morgan fingerprint density at radius 3 is 2.24 bits per heavy atom. The van der Waals surface area contributed by atoms with Crippen molar-refractivity contribution >= 4 is 56.2 Å². The molecule has 9 heteroatoms. The summed E-state index contributed by atoms with van der Waals surface area (Å²) in [5.74, 6) is -1.17. The quantitative estimate of drug-likeness (QED) is 0.861. The minimum atomic E-state index is -3.91. The molecule has 21 heavy (non-hydrogen) atoms. The highest BCUT2D eigenvalue weighted by Gasteiger charge is 2.22. The number of carboxylic acids is 1. The second-order valence-electron chi connectivity index (χ2n) is 4.10. The molecular formula is C12H9Cl2NO4S2. The number of hydrogen-bond acceptors (Lipinski definition) is 4. The Kier molecular flexibility index (Phi) is 4.48. The number of carbonyl (C=O) groups is 1. The summed E-state index contributed by atoms with van der Waals surface area (Å²) in [6.45, 7) is 1.54. The zero-order valence-electron chi connectivity index (χ0n) is 10.6. The third-order valence-electron chi connectivity index (χ3n) is 2.49. The Balaban J connectivity index is 2.40. The fraction of sp³-hybridized carbons (Fsp3) is 0.0833. The summed E-state index contributed by atoms with van der Waals surface area (Å²) >= 11 is 12.5. The number of carboxylic acid groups (broad SMARTS) is 1. The van der Waals surface area contributed by atoms with Crippen LogP contribution in [0, 0.1) is 6.92 Å². The first-order valence-electron chi connectivity index (χ1n) is 5.51. The normalized spacial score (nSPS) is 11.4. The topological polar surface area (TPSA) is 83.5 Å². The molecule has 0 amide bonds. The van der Waals surface area contributed by atoms with Crippen LogP contribution in [0.3, 0.4) is 0 Å². The van der Waals surface area contributed by atoms with E-state index in [0.717, 1.165) is 17.4 Å². The van der Waals surface area contributed by atoms with Gasteiger partial charge in [-0.3, -0.25) is 4.72 Å². The minimum Gasteiger partial charge on any atom is -0.477 e. The minimum absolute atomic E-state index is 0.0444. The first kappa shape index (κ1) is 16.1. The van der Waals surface area contributed by atoms with Crippen molar-refractivity contribution in [1.82, 2.24) is 0 Å². The smallest absolute Gasteiger partial charge is 0.345 e. The van der Waals surface area contributed by atoms with Crippen LogP contribution in [0.4, 0.5) is 5.69 Å². The van der Waals surface area contributed by atoms with Crippen molar-refractivity contribution in [3.8, 4) is 0 Å². The van der Waals surface area contributed by atoms with Crippen LogP contribution in [-0.2, 0) is 10.0 Å². The molecule has 0 aliphatic rings. The predicted octanol–water partition coefficient (Wildman–Crippen LogP) is 3.86. The Bertz CT molecular complexity index is 794. The van der Waals surface area contributed by atoms with Crippen LogP contribution in [0.1, 0.15) is 14.5 Å². The Labute approximate surface area is 135 Å². The molecule has 1 aromatic heterocycles. The van der Waals surface area contributed by atoms with E-state index in [9.17, 15) is 13.2 Å². The number of nitrogens with one attached hydrogen (secondary N) is 1. The maximum absolute atomic E-state index is 12.3. The van der Waals surface area contributed by atoms with Gasteiger partial charge in [0.2, 0.25) is 0 Å². The number of hydrogen-bond donors (Lipinski definition) is 2. The lowest BCUT2D eigenvalue weighted by molar-refractivity contribution is 0.0702. The van der Waals surface area contributed by atoms with Gasteiger partial charge in [0.05, 0.1) is 5.69 Å². The second-order valence-corrected chi connectivity index (χ2v) is 7.88. The Morgan fingerprint density at radius 2 is 1.76 bits per heavy atom. The van der Waals surface area contributed by atoms with Gasteiger partial charge in [-0.05, 0) is 31.2 Å². The number of anilines is 1. The number of rotatable bonds is 4. The van der Waals surface area contributed by atoms with E-state index in [2.05, 4.69) is 4.72 Å². The molecule has 1 aromatic carbocycles. The monoisotopic (exact) mass is 365 g/mol. The lowest BCUT2D eigenvalue weighted by atomic mass is 10.3. The molecule has 5 nitrogen and oxygen atoms in total. The van der Waals surface area contributed by atoms with Crippen molar-refractivity contribution in [3.63, 3.8) is 0 Å². The van der Waals surface area contributed by atoms with Crippen molar-refractivity contribution in [3.05, 3.63) is 44.1 Å². The zero-order chi connectivity index (χ0) is 15.8. The lowest BCUT2D eigenvalue weighted by Crippen LogP contribution is -2.13. The molecule has 0 saturated carbocycles. The lowest BCUT2D eigenvalue weighted by Gasteiger charge is -2.08. The van der Waals surface area contributed by atoms with Crippen molar-refractivity contribution < 1.29 is 18.3 Å². The van der Waals surface area contributed by atoms with Crippen molar-refractivity contribution in [2.75, 3.05) is 4.72 Å². The molecule has 0 atom stereocenters. The fourth-order valence-corrected chi connectivity index (χ4v) is 4.66. The number of aryl methyl sites for hydroxylation is 1.